The number of benzene rings is 2. The van der Waals surface area contributed by atoms with Crippen LogP contribution >= 0.6 is 38.5 Å². The van der Waals surface area contributed by atoms with Crippen molar-refractivity contribution in [2.45, 2.75) is 19.8 Å². The number of carbonyl (C=O) groups is 1. The van der Waals surface area contributed by atoms with Crippen LogP contribution < -0.4 is 10.3 Å². The second-order valence-corrected chi connectivity index (χ2v) is 9.05. The van der Waals surface area contributed by atoms with Gasteiger partial charge in [-0.05, 0) is 78.3 Å². The summed E-state index contributed by atoms with van der Waals surface area (Å²) < 4.78 is 22.0. The Labute approximate surface area is 189 Å². The lowest BCUT2D eigenvalue weighted by atomic mass is 10.1. The summed E-state index contributed by atoms with van der Waals surface area (Å²) in [6.07, 6.45) is 3.63. The summed E-state index contributed by atoms with van der Waals surface area (Å²) in [7, 11) is 0. The highest BCUT2D eigenvalue weighted by Gasteiger charge is 2.17. The second-order valence-electron chi connectivity index (χ2n) is 6.97. The Bertz CT molecular complexity index is 1120. The molecule has 1 fully saturated rings. The average molecular weight is 570 g/mol. The molecule has 0 bridgehead atoms. The number of halogens is 3. The number of fused-ring (bicyclic) bond motifs is 1. The number of furan rings is 1. The van der Waals surface area contributed by atoms with Gasteiger partial charge in [-0.25, -0.2) is 9.82 Å². The van der Waals surface area contributed by atoms with E-state index in [-0.39, 0.29) is 11.6 Å². The van der Waals surface area contributed by atoms with Crippen molar-refractivity contribution in [1.82, 2.24) is 5.43 Å². The molecule has 1 aliphatic heterocycles. The van der Waals surface area contributed by atoms with Gasteiger partial charge in [0.2, 0.25) is 0 Å². The zero-order chi connectivity index (χ0) is 20.5. The number of amides is 1. The standard InChI is InChI=1S/C21H18BrFIN3O2/c1-12-6-18(27-4-2-3-5-27)16(23)8-14(12)11-25-26-21(28)19-9-13-7-15(22)10-17(24)20(13)29-19/h6-11H,2-5H2,1H3,(H,26,28)/b25-11-. The molecule has 3 aromatic rings. The molecule has 29 heavy (non-hydrogen) atoms. The molecule has 0 radical (unpaired) electrons. The van der Waals surface area contributed by atoms with Gasteiger partial charge in [-0.2, -0.15) is 5.10 Å². The van der Waals surface area contributed by atoms with Gasteiger partial charge in [-0.1, -0.05) is 15.9 Å². The Hall–Kier alpha value is -1.94. The summed E-state index contributed by atoms with van der Waals surface area (Å²) >= 11 is 5.59. The number of rotatable bonds is 4. The number of nitrogens with zero attached hydrogens (tertiary/aromatic N) is 2. The molecule has 0 aliphatic carbocycles. The molecule has 2 aromatic carbocycles. The molecule has 1 amide bonds. The number of aryl methyl sites for hydroxylation is 1. The van der Waals surface area contributed by atoms with Crippen LogP contribution in [0.3, 0.4) is 0 Å². The van der Waals surface area contributed by atoms with E-state index in [0.29, 0.717) is 16.8 Å². The molecular formula is C21H18BrFIN3O2. The van der Waals surface area contributed by atoms with Gasteiger partial charge in [0.25, 0.3) is 0 Å². The fourth-order valence-electron chi connectivity index (χ4n) is 3.42. The largest absolute Gasteiger partial charge is 0.450 e. The fourth-order valence-corrected chi connectivity index (χ4v) is 5.08. The van der Waals surface area contributed by atoms with E-state index in [2.05, 4.69) is 53.9 Å². The maximum atomic E-state index is 14.5. The molecule has 1 saturated heterocycles. The number of hydrogen-bond donors (Lipinski definition) is 1. The van der Waals surface area contributed by atoms with E-state index in [1.54, 1.807) is 6.07 Å². The minimum absolute atomic E-state index is 0.167. The molecule has 8 heteroatoms. The molecule has 0 saturated carbocycles. The minimum atomic E-state index is -0.462. The van der Waals surface area contributed by atoms with Gasteiger partial charge in [0.05, 0.1) is 15.5 Å². The third-order valence-corrected chi connectivity index (χ3v) is 6.17. The SMILES string of the molecule is Cc1cc(N2CCCC2)c(F)cc1/C=N\NC(=O)c1cc2cc(Br)cc(I)c2o1. The monoisotopic (exact) mass is 569 g/mol. The molecule has 0 atom stereocenters. The summed E-state index contributed by atoms with van der Waals surface area (Å²) in [5.74, 6) is -0.570. The van der Waals surface area contributed by atoms with Crippen LogP contribution in [0.4, 0.5) is 10.1 Å². The number of hydrogen-bond acceptors (Lipinski definition) is 4. The molecule has 5 nitrogen and oxygen atoms in total. The maximum absolute atomic E-state index is 14.5. The predicted octanol–water partition coefficient (Wildman–Crippen LogP) is 5.61. The van der Waals surface area contributed by atoms with E-state index < -0.39 is 5.91 Å². The van der Waals surface area contributed by atoms with E-state index >= 15 is 0 Å². The number of carbonyl (C=O) groups excluding carboxylic acids is 1. The smallest absolute Gasteiger partial charge is 0.307 e. The summed E-state index contributed by atoms with van der Waals surface area (Å²) in [4.78, 5) is 14.4. The quantitative estimate of drug-likeness (QED) is 0.252. The molecule has 1 aliphatic rings. The van der Waals surface area contributed by atoms with E-state index in [1.165, 1.54) is 12.3 Å². The van der Waals surface area contributed by atoms with Crippen molar-refractivity contribution in [3.8, 4) is 0 Å². The van der Waals surface area contributed by atoms with Gasteiger partial charge in [0, 0.05) is 28.5 Å². The second kappa shape index (κ2) is 8.43. The minimum Gasteiger partial charge on any atom is -0.450 e. The lowest BCUT2D eigenvalue weighted by Crippen LogP contribution is -2.19. The number of nitrogens with one attached hydrogen (secondary N) is 1. The molecule has 2 heterocycles. The van der Waals surface area contributed by atoms with E-state index in [4.69, 9.17) is 4.42 Å². The average Bonchev–Trinajstić information content (AvgIpc) is 3.34. The highest BCUT2D eigenvalue weighted by atomic mass is 127. The van der Waals surface area contributed by atoms with Crippen molar-refractivity contribution < 1.29 is 13.6 Å². The van der Waals surface area contributed by atoms with Gasteiger partial charge < -0.3 is 9.32 Å². The zero-order valence-corrected chi connectivity index (χ0v) is 19.4. The molecule has 1 aromatic heterocycles. The van der Waals surface area contributed by atoms with Crippen molar-refractivity contribution in [1.29, 1.82) is 0 Å². The summed E-state index contributed by atoms with van der Waals surface area (Å²) in [5.41, 5.74) is 5.25. The van der Waals surface area contributed by atoms with Gasteiger partial charge in [-0.15, -0.1) is 0 Å². The molecule has 0 spiro atoms. The van der Waals surface area contributed by atoms with Crippen molar-refractivity contribution in [3.05, 3.63) is 61.1 Å². The molecule has 1 N–H and O–H groups in total. The van der Waals surface area contributed by atoms with Crippen LogP contribution in [0.1, 0.15) is 34.5 Å². The van der Waals surface area contributed by atoms with Crippen molar-refractivity contribution in [2.75, 3.05) is 18.0 Å². The topological polar surface area (TPSA) is 57.8 Å². The first-order valence-electron chi connectivity index (χ1n) is 9.19. The zero-order valence-electron chi connectivity index (χ0n) is 15.6. The molecule has 4 rings (SSSR count). The van der Waals surface area contributed by atoms with Gasteiger partial charge in [0.1, 0.15) is 11.4 Å². The van der Waals surface area contributed by atoms with Crippen LogP contribution in [-0.4, -0.2) is 25.2 Å². The number of hydrazone groups is 1. The fraction of sp³-hybridized carbons (Fsp3) is 0.238. The predicted molar refractivity (Wildman–Crippen MR) is 124 cm³/mol. The molecule has 150 valence electrons. The van der Waals surface area contributed by atoms with Gasteiger partial charge in [-0.3, -0.25) is 4.79 Å². The van der Waals surface area contributed by atoms with E-state index in [0.717, 1.165) is 44.9 Å². The first-order valence-corrected chi connectivity index (χ1v) is 11.1. The Morgan fingerprint density at radius 2 is 2.03 bits per heavy atom. The summed E-state index contributed by atoms with van der Waals surface area (Å²) in [6.45, 7) is 3.67. The Morgan fingerprint density at radius 3 is 2.79 bits per heavy atom. The Balaban J connectivity index is 1.49. The van der Waals surface area contributed by atoms with Crippen LogP contribution in [0.5, 0.6) is 0 Å². The van der Waals surface area contributed by atoms with Crippen LogP contribution in [0.25, 0.3) is 11.0 Å². The van der Waals surface area contributed by atoms with Gasteiger partial charge in [0.15, 0.2) is 5.76 Å². The van der Waals surface area contributed by atoms with Crippen molar-refractivity contribution in [2.24, 2.45) is 5.10 Å². The highest BCUT2D eigenvalue weighted by Crippen LogP contribution is 2.29. The van der Waals surface area contributed by atoms with Crippen molar-refractivity contribution in [3.63, 3.8) is 0 Å². The summed E-state index contributed by atoms with van der Waals surface area (Å²) in [5, 5.41) is 4.81. The van der Waals surface area contributed by atoms with E-state index in [9.17, 15) is 9.18 Å². The first-order chi connectivity index (χ1) is 13.9. The molecular weight excluding hydrogens is 552 g/mol. The Morgan fingerprint density at radius 1 is 1.28 bits per heavy atom. The summed E-state index contributed by atoms with van der Waals surface area (Å²) in [6, 6.07) is 8.76. The lowest BCUT2D eigenvalue weighted by Gasteiger charge is -2.19. The lowest BCUT2D eigenvalue weighted by molar-refractivity contribution is 0.0929. The number of anilines is 1. The van der Waals surface area contributed by atoms with Crippen molar-refractivity contribution >= 4 is 67.3 Å². The first kappa shape index (κ1) is 20.3. The van der Waals surface area contributed by atoms with E-state index in [1.807, 2.05) is 25.1 Å². The third-order valence-electron chi connectivity index (χ3n) is 4.91. The normalized spacial score (nSPS) is 14.3. The van der Waals surface area contributed by atoms with Crippen LogP contribution in [0.2, 0.25) is 0 Å². The van der Waals surface area contributed by atoms with Crippen LogP contribution in [0.15, 0.2) is 44.3 Å². The maximum Gasteiger partial charge on any atom is 0.307 e. The molecule has 0 unspecified atom stereocenters. The third kappa shape index (κ3) is 4.32. The van der Waals surface area contributed by atoms with Crippen LogP contribution in [0, 0.1) is 16.3 Å². The van der Waals surface area contributed by atoms with Crippen LogP contribution in [-0.2, 0) is 0 Å². The van der Waals surface area contributed by atoms with Gasteiger partial charge >= 0.3 is 5.91 Å². The highest BCUT2D eigenvalue weighted by molar-refractivity contribution is 14.1. The Kier molecular flexibility index (Phi) is 5.91.